The summed E-state index contributed by atoms with van der Waals surface area (Å²) in [5.74, 6) is 0.924. The van der Waals surface area contributed by atoms with E-state index in [1.165, 1.54) is 4.90 Å². The van der Waals surface area contributed by atoms with Gasteiger partial charge in [-0.1, -0.05) is 19.8 Å². The highest BCUT2D eigenvalue weighted by Crippen LogP contribution is 2.40. The Morgan fingerprint density at radius 1 is 1.45 bits per heavy atom. The maximum Gasteiger partial charge on any atom is 0.244 e. The fraction of sp³-hybridized carbons (Fsp3) is 0.846. The Morgan fingerprint density at radius 3 is 2.65 bits per heavy atom. The Morgan fingerprint density at radius 2 is 2.10 bits per heavy atom. The molecule has 1 heterocycles. The lowest BCUT2D eigenvalue weighted by Gasteiger charge is -2.38. The molecule has 1 aliphatic heterocycles. The number of thioether (sulfide) groups is 1. The van der Waals surface area contributed by atoms with Gasteiger partial charge in [-0.15, -0.1) is 0 Å². The van der Waals surface area contributed by atoms with E-state index in [1.807, 2.05) is 0 Å². The zero-order chi connectivity index (χ0) is 14.8. The van der Waals surface area contributed by atoms with E-state index in [2.05, 4.69) is 6.07 Å². The van der Waals surface area contributed by atoms with E-state index in [-0.39, 0.29) is 11.7 Å². The van der Waals surface area contributed by atoms with Crippen molar-refractivity contribution in [1.29, 1.82) is 5.26 Å². The number of hydrogen-bond donors (Lipinski definition) is 0. The van der Waals surface area contributed by atoms with Crippen molar-refractivity contribution in [3.8, 4) is 6.07 Å². The fourth-order valence-electron chi connectivity index (χ4n) is 2.93. The van der Waals surface area contributed by atoms with Crippen molar-refractivity contribution in [3.63, 3.8) is 0 Å². The van der Waals surface area contributed by atoms with Crippen LogP contribution in [0.1, 0.15) is 32.6 Å². The molecule has 2 fully saturated rings. The molecule has 5 nitrogen and oxygen atoms in total. The molecular weight excluding hydrogens is 296 g/mol. The van der Waals surface area contributed by atoms with Gasteiger partial charge in [-0.3, -0.25) is 4.79 Å². The van der Waals surface area contributed by atoms with Crippen LogP contribution in [0.4, 0.5) is 0 Å². The van der Waals surface area contributed by atoms with Gasteiger partial charge in [-0.2, -0.15) is 17.0 Å². The maximum absolute atomic E-state index is 12.8. The Kier molecular flexibility index (Phi) is 4.65. The Hall–Kier alpha value is -0.740. The molecule has 0 radical (unpaired) electrons. The molecule has 1 atom stereocenters. The molecule has 2 rings (SSSR count). The lowest BCUT2D eigenvalue weighted by Crippen LogP contribution is -2.54. The van der Waals surface area contributed by atoms with Crippen LogP contribution in [0.3, 0.4) is 0 Å². The number of nitriles is 1. The van der Waals surface area contributed by atoms with E-state index in [0.29, 0.717) is 25.1 Å². The van der Waals surface area contributed by atoms with Crippen molar-refractivity contribution in [2.45, 2.75) is 38.0 Å². The Bertz CT molecular complexity index is 518. The van der Waals surface area contributed by atoms with Gasteiger partial charge < -0.3 is 4.90 Å². The van der Waals surface area contributed by atoms with Gasteiger partial charge in [-0.25, -0.2) is 8.42 Å². The van der Waals surface area contributed by atoms with Gasteiger partial charge in [0.05, 0.1) is 6.07 Å². The Balaban J connectivity index is 2.29. The number of nitrogens with zero attached hydrogens (tertiary/aromatic N) is 2. The fourth-order valence-corrected chi connectivity index (χ4v) is 5.90. The average molecular weight is 316 g/mol. The largest absolute Gasteiger partial charge is 0.323 e. The molecule has 1 saturated carbocycles. The molecule has 0 spiro atoms. The number of carbonyl (C=O) groups excluding carboxylic acids is 1. The lowest BCUT2D eigenvalue weighted by atomic mass is 9.86. The number of rotatable bonds is 3. The van der Waals surface area contributed by atoms with Crippen molar-refractivity contribution in [3.05, 3.63) is 0 Å². The second-order valence-electron chi connectivity index (χ2n) is 5.38. The smallest absolute Gasteiger partial charge is 0.244 e. The van der Waals surface area contributed by atoms with Crippen LogP contribution in [0.2, 0.25) is 0 Å². The number of hydrogen-bond acceptors (Lipinski definition) is 5. The first-order valence-corrected chi connectivity index (χ1v) is 9.85. The van der Waals surface area contributed by atoms with Crippen molar-refractivity contribution < 1.29 is 13.2 Å². The van der Waals surface area contributed by atoms with Gasteiger partial charge in [0.1, 0.15) is 10.8 Å². The van der Waals surface area contributed by atoms with Crippen molar-refractivity contribution >= 4 is 27.5 Å². The molecule has 1 saturated heterocycles. The standard InChI is InChI=1S/C13H20N2O3S2/c1-2-20(17,18)11-9-19-8-7-15(11)12(16)13(10-14)5-3-4-6-13/h11H,2-9H2,1H3. The van der Waals surface area contributed by atoms with Crippen LogP contribution in [-0.2, 0) is 14.6 Å². The van der Waals surface area contributed by atoms with E-state index < -0.39 is 20.6 Å². The summed E-state index contributed by atoms with van der Waals surface area (Å²) in [5, 5.41) is 8.65. The predicted octanol–water partition coefficient (Wildman–Crippen LogP) is 1.41. The zero-order valence-electron chi connectivity index (χ0n) is 11.7. The summed E-state index contributed by atoms with van der Waals surface area (Å²) >= 11 is 1.56. The molecule has 0 aromatic heterocycles. The SMILES string of the molecule is CCS(=O)(=O)C1CSCCN1C(=O)C1(C#N)CCCC1. The summed E-state index contributed by atoms with van der Waals surface area (Å²) in [7, 11) is -3.31. The van der Waals surface area contributed by atoms with Gasteiger partial charge in [0.2, 0.25) is 5.91 Å². The Labute approximate surface area is 124 Å². The first-order valence-electron chi connectivity index (χ1n) is 6.98. The third-order valence-corrected chi connectivity index (χ3v) is 7.53. The third kappa shape index (κ3) is 2.68. The summed E-state index contributed by atoms with van der Waals surface area (Å²) < 4.78 is 24.4. The second-order valence-corrected chi connectivity index (χ2v) is 8.98. The quantitative estimate of drug-likeness (QED) is 0.786. The average Bonchev–Trinajstić information content (AvgIpc) is 2.96. The van der Waals surface area contributed by atoms with Crippen LogP contribution in [0.25, 0.3) is 0 Å². The summed E-state index contributed by atoms with van der Waals surface area (Å²) in [4.78, 5) is 14.2. The minimum atomic E-state index is -3.31. The third-order valence-electron chi connectivity index (χ3n) is 4.24. The number of carbonyl (C=O) groups is 1. The summed E-state index contributed by atoms with van der Waals surface area (Å²) in [6.07, 6.45) is 2.86. The number of amides is 1. The summed E-state index contributed by atoms with van der Waals surface area (Å²) in [5.41, 5.74) is -0.983. The molecule has 1 unspecified atom stereocenters. The van der Waals surface area contributed by atoms with E-state index in [1.54, 1.807) is 18.7 Å². The monoisotopic (exact) mass is 316 g/mol. The highest BCUT2D eigenvalue weighted by Gasteiger charge is 2.48. The predicted molar refractivity (Wildman–Crippen MR) is 78.8 cm³/mol. The zero-order valence-corrected chi connectivity index (χ0v) is 13.3. The minimum Gasteiger partial charge on any atom is -0.323 e. The van der Waals surface area contributed by atoms with Crippen LogP contribution in [0.5, 0.6) is 0 Å². The van der Waals surface area contributed by atoms with E-state index in [0.717, 1.165) is 18.6 Å². The van der Waals surface area contributed by atoms with E-state index in [9.17, 15) is 18.5 Å². The molecule has 1 aliphatic carbocycles. The van der Waals surface area contributed by atoms with Crippen LogP contribution in [-0.4, -0.2) is 48.4 Å². The highest BCUT2D eigenvalue weighted by atomic mass is 32.2. The van der Waals surface area contributed by atoms with Crippen molar-refractivity contribution in [2.75, 3.05) is 23.8 Å². The molecule has 20 heavy (non-hydrogen) atoms. The van der Waals surface area contributed by atoms with Crippen LogP contribution in [0, 0.1) is 16.7 Å². The minimum absolute atomic E-state index is 0.0293. The van der Waals surface area contributed by atoms with Crippen molar-refractivity contribution in [2.24, 2.45) is 5.41 Å². The van der Waals surface area contributed by atoms with Gasteiger partial charge in [0, 0.05) is 23.8 Å². The van der Waals surface area contributed by atoms with E-state index >= 15 is 0 Å². The van der Waals surface area contributed by atoms with Gasteiger partial charge >= 0.3 is 0 Å². The normalized spacial score (nSPS) is 26.2. The molecule has 7 heteroatoms. The molecule has 2 aliphatic rings. The molecule has 112 valence electrons. The molecule has 1 amide bonds. The van der Waals surface area contributed by atoms with Crippen LogP contribution >= 0.6 is 11.8 Å². The van der Waals surface area contributed by atoms with Gasteiger partial charge in [0.15, 0.2) is 9.84 Å². The summed E-state index contributed by atoms with van der Waals surface area (Å²) in [6.45, 7) is 2.03. The van der Waals surface area contributed by atoms with Gasteiger partial charge in [0.25, 0.3) is 0 Å². The first-order chi connectivity index (χ1) is 9.47. The van der Waals surface area contributed by atoms with E-state index in [4.69, 9.17) is 0 Å². The topological polar surface area (TPSA) is 78.2 Å². The number of sulfone groups is 1. The van der Waals surface area contributed by atoms with Crippen LogP contribution in [0.15, 0.2) is 0 Å². The summed E-state index contributed by atoms with van der Waals surface area (Å²) in [6, 6.07) is 2.17. The lowest BCUT2D eigenvalue weighted by molar-refractivity contribution is -0.139. The second kappa shape index (κ2) is 5.94. The maximum atomic E-state index is 12.8. The van der Waals surface area contributed by atoms with Crippen molar-refractivity contribution in [1.82, 2.24) is 4.90 Å². The van der Waals surface area contributed by atoms with Gasteiger partial charge in [-0.05, 0) is 12.8 Å². The molecular formula is C13H20N2O3S2. The first kappa shape index (κ1) is 15.6. The molecule has 0 aromatic rings. The molecule has 0 bridgehead atoms. The molecule has 0 aromatic carbocycles. The highest BCUT2D eigenvalue weighted by molar-refractivity contribution is 8.01. The van der Waals surface area contributed by atoms with Crippen LogP contribution < -0.4 is 0 Å². The molecule has 0 N–H and O–H groups in total.